The fourth-order valence-electron chi connectivity index (χ4n) is 1.56. The molecule has 0 aromatic rings. The van der Waals surface area contributed by atoms with Gasteiger partial charge in [0, 0.05) is 19.6 Å². The highest BCUT2D eigenvalue weighted by atomic mass is 15.3. The largest absolute Gasteiger partial charge is 0.370 e. The monoisotopic (exact) mass is 211 g/mol. The molecule has 1 fully saturated rings. The molecule has 0 aromatic carbocycles. The highest BCUT2D eigenvalue weighted by molar-refractivity contribution is 5.78. The van der Waals surface area contributed by atoms with Crippen molar-refractivity contribution >= 4 is 5.96 Å². The molecule has 88 valence electrons. The fourth-order valence-corrected chi connectivity index (χ4v) is 1.56. The molecule has 2 N–H and O–H groups in total. The van der Waals surface area contributed by atoms with E-state index in [9.17, 15) is 0 Å². The van der Waals surface area contributed by atoms with E-state index in [0.717, 1.165) is 13.0 Å². The number of nitrogens with two attached hydrogens (primary N) is 1. The van der Waals surface area contributed by atoms with Gasteiger partial charge in [0.05, 0.1) is 0 Å². The number of nitrogens with zero attached hydrogens (tertiary/aromatic N) is 2. The first-order chi connectivity index (χ1) is 6.90. The second-order valence-electron chi connectivity index (χ2n) is 5.75. The Morgan fingerprint density at radius 1 is 1.40 bits per heavy atom. The van der Waals surface area contributed by atoms with Crippen LogP contribution in [0.1, 0.15) is 46.5 Å². The summed E-state index contributed by atoms with van der Waals surface area (Å²) < 4.78 is 0. The summed E-state index contributed by atoms with van der Waals surface area (Å²) in [5, 5.41) is 0. The maximum absolute atomic E-state index is 5.88. The van der Waals surface area contributed by atoms with Gasteiger partial charge in [-0.2, -0.15) is 0 Å². The quantitative estimate of drug-likeness (QED) is 0.440. The molecule has 3 heteroatoms. The summed E-state index contributed by atoms with van der Waals surface area (Å²) in [4.78, 5) is 6.52. The summed E-state index contributed by atoms with van der Waals surface area (Å²) in [6.07, 6.45) is 4.88. The van der Waals surface area contributed by atoms with Crippen LogP contribution in [0.3, 0.4) is 0 Å². The number of hydrogen-bond acceptors (Lipinski definition) is 1. The zero-order valence-electron chi connectivity index (χ0n) is 10.6. The van der Waals surface area contributed by atoms with Crippen LogP contribution in [0.5, 0.6) is 0 Å². The minimum absolute atomic E-state index is 0.409. The molecule has 0 amide bonds. The van der Waals surface area contributed by atoms with Gasteiger partial charge >= 0.3 is 0 Å². The van der Waals surface area contributed by atoms with Gasteiger partial charge in [-0.1, -0.05) is 20.8 Å². The van der Waals surface area contributed by atoms with E-state index in [1.807, 2.05) is 7.05 Å². The molecule has 1 aliphatic carbocycles. The number of guanidine groups is 1. The maximum Gasteiger partial charge on any atom is 0.191 e. The van der Waals surface area contributed by atoms with Crippen molar-refractivity contribution in [3.8, 4) is 0 Å². The third kappa shape index (κ3) is 5.05. The van der Waals surface area contributed by atoms with Crippen LogP contribution < -0.4 is 5.73 Å². The van der Waals surface area contributed by atoms with Gasteiger partial charge < -0.3 is 10.6 Å². The van der Waals surface area contributed by atoms with Gasteiger partial charge in [0.2, 0.25) is 0 Å². The van der Waals surface area contributed by atoms with E-state index in [1.54, 1.807) is 0 Å². The topological polar surface area (TPSA) is 41.6 Å². The Morgan fingerprint density at radius 3 is 2.47 bits per heavy atom. The highest BCUT2D eigenvalue weighted by Crippen LogP contribution is 2.25. The number of rotatable bonds is 4. The van der Waals surface area contributed by atoms with Crippen molar-refractivity contribution in [1.29, 1.82) is 0 Å². The fraction of sp³-hybridized carbons (Fsp3) is 0.917. The van der Waals surface area contributed by atoms with Gasteiger partial charge in [-0.25, -0.2) is 0 Å². The summed E-state index contributed by atoms with van der Waals surface area (Å²) in [5.41, 5.74) is 6.29. The van der Waals surface area contributed by atoms with Crippen LogP contribution >= 0.6 is 0 Å². The van der Waals surface area contributed by atoms with Crippen molar-refractivity contribution in [3.05, 3.63) is 0 Å². The Hall–Kier alpha value is -0.730. The van der Waals surface area contributed by atoms with E-state index in [2.05, 4.69) is 30.7 Å². The molecule has 0 saturated heterocycles. The lowest BCUT2D eigenvalue weighted by Gasteiger charge is -2.18. The molecule has 0 spiro atoms. The molecular weight excluding hydrogens is 186 g/mol. The van der Waals surface area contributed by atoms with Crippen LogP contribution in [-0.4, -0.2) is 30.5 Å². The molecule has 3 nitrogen and oxygen atoms in total. The van der Waals surface area contributed by atoms with E-state index in [1.165, 1.54) is 19.3 Å². The first-order valence-electron chi connectivity index (χ1n) is 5.93. The van der Waals surface area contributed by atoms with Crippen molar-refractivity contribution in [2.24, 2.45) is 16.1 Å². The molecule has 0 atom stereocenters. The van der Waals surface area contributed by atoms with Crippen LogP contribution in [0.15, 0.2) is 4.99 Å². The molecule has 0 unspecified atom stereocenters. The van der Waals surface area contributed by atoms with E-state index in [0.29, 0.717) is 17.4 Å². The molecule has 1 rings (SSSR count). The first kappa shape index (κ1) is 12.3. The van der Waals surface area contributed by atoms with Crippen LogP contribution in [0.4, 0.5) is 0 Å². The third-order valence-electron chi connectivity index (χ3n) is 2.81. The average molecular weight is 211 g/mol. The Balaban J connectivity index is 2.19. The highest BCUT2D eigenvalue weighted by Gasteiger charge is 2.27. The second kappa shape index (κ2) is 4.86. The zero-order valence-corrected chi connectivity index (χ0v) is 10.6. The SMILES string of the molecule is CN(C(N)=NCCCC(C)(C)C)C1CC1. The van der Waals surface area contributed by atoms with Gasteiger partial charge in [0.25, 0.3) is 0 Å². The van der Waals surface area contributed by atoms with Crippen molar-refractivity contribution in [2.75, 3.05) is 13.6 Å². The van der Waals surface area contributed by atoms with Crippen molar-refractivity contribution in [2.45, 2.75) is 52.5 Å². The standard InChI is InChI=1S/C12H25N3/c1-12(2,3)8-5-9-14-11(13)15(4)10-6-7-10/h10H,5-9H2,1-4H3,(H2,13,14). The lowest BCUT2D eigenvalue weighted by Crippen LogP contribution is -2.35. The van der Waals surface area contributed by atoms with Crippen molar-refractivity contribution in [1.82, 2.24) is 4.90 Å². The lowest BCUT2D eigenvalue weighted by molar-refractivity contribution is 0.368. The summed E-state index contributed by atoms with van der Waals surface area (Å²) >= 11 is 0. The molecule has 0 aromatic heterocycles. The van der Waals surface area contributed by atoms with Crippen LogP contribution in [0.25, 0.3) is 0 Å². The predicted octanol–water partition coefficient (Wildman–Crippen LogP) is 2.22. The molecule has 15 heavy (non-hydrogen) atoms. The summed E-state index contributed by atoms with van der Waals surface area (Å²) in [5.74, 6) is 0.714. The molecule has 1 aliphatic rings. The average Bonchev–Trinajstić information content (AvgIpc) is 2.92. The zero-order chi connectivity index (χ0) is 11.5. The number of aliphatic imine (C=N–C) groups is 1. The molecule has 0 heterocycles. The van der Waals surface area contributed by atoms with Crippen LogP contribution in [-0.2, 0) is 0 Å². The predicted molar refractivity (Wildman–Crippen MR) is 66.0 cm³/mol. The maximum atomic E-state index is 5.88. The van der Waals surface area contributed by atoms with E-state index in [4.69, 9.17) is 5.73 Å². The van der Waals surface area contributed by atoms with Crippen LogP contribution in [0, 0.1) is 5.41 Å². The third-order valence-corrected chi connectivity index (χ3v) is 2.81. The summed E-state index contributed by atoms with van der Waals surface area (Å²) in [6, 6.07) is 0.663. The minimum Gasteiger partial charge on any atom is -0.370 e. The molecule has 1 saturated carbocycles. The summed E-state index contributed by atoms with van der Waals surface area (Å²) in [6.45, 7) is 7.64. The smallest absolute Gasteiger partial charge is 0.191 e. The van der Waals surface area contributed by atoms with Gasteiger partial charge in [0.1, 0.15) is 0 Å². The number of hydrogen-bond donors (Lipinski definition) is 1. The molecule has 0 radical (unpaired) electrons. The normalized spacial score (nSPS) is 18.0. The minimum atomic E-state index is 0.409. The Bertz CT molecular complexity index is 224. The van der Waals surface area contributed by atoms with Crippen molar-refractivity contribution < 1.29 is 0 Å². The molecule has 0 aliphatic heterocycles. The Morgan fingerprint density at radius 2 is 2.00 bits per heavy atom. The van der Waals surface area contributed by atoms with Crippen molar-refractivity contribution in [3.63, 3.8) is 0 Å². The van der Waals surface area contributed by atoms with E-state index < -0.39 is 0 Å². The van der Waals surface area contributed by atoms with Crippen LogP contribution in [0.2, 0.25) is 0 Å². The summed E-state index contributed by atoms with van der Waals surface area (Å²) in [7, 11) is 2.04. The lowest BCUT2D eigenvalue weighted by atomic mass is 9.91. The molecule has 0 bridgehead atoms. The second-order valence-corrected chi connectivity index (χ2v) is 5.75. The van der Waals surface area contributed by atoms with E-state index >= 15 is 0 Å². The first-order valence-corrected chi connectivity index (χ1v) is 5.93. The Labute approximate surface area is 93.7 Å². The Kier molecular flexibility index (Phi) is 4.00. The van der Waals surface area contributed by atoms with Gasteiger partial charge in [0.15, 0.2) is 5.96 Å². The van der Waals surface area contributed by atoms with Gasteiger partial charge in [-0.05, 0) is 31.1 Å². The van der Waals surface area contributed by atoms with Gasteiger partial charge in [-0.3, -0.25) is 4.99 Å². The van der Waals surface area contributed by atoms with Gasteiger partial charge in [-0.15, -0.1) is 0 Å². The van der Waals surface area contributed by atoms with E-state index in [-0.39, 0.29) is 0 Å². The molecular formula is C12H25N3.